The zero-order valence-corrected chi connectivity index (χ0v) is 22.2. The highest BCUT2D eigenvalue weighted by atomic mass is 19.1. The first-order valence-corrected chi connectivity index (χ1v) is 12.7. The van der Waals surface area contributed by atoms with E-state index in [9.17, 15) is 14.0 Å². The van der Waals surface area contributed by atoms with E-state index < -0.39 is 29.8 Å². The third-order valence-corrected chi connectivity index (χ3v) is 5.83. The number of benzene rings is 2. The summed E-state index contributed by atoms with van der Waals surface area (Å²) in [4.78, 5) is 31.8. The number of halogens is 1. The fourth-order valence-corrected chi connectivity index (χ4v) is 3.74. The molecular formula is C27H29FN6O6. The Morgan fingerprint density at radius 1 is 1.02 bits per heavy atom. The topological polar surface area (TPSA) is 166 Å². The Labute approximate surface area is 228 Å². The van der Waals surface area contributed by atoms with E-state index in [1.165, 1.54) is 12.1 Å². The van der Waals surface area contributed by atoms with Crippen LogP contribution in [0.3, 0.4) is 0 Å². The van der Waals surface area contributed by atoms with Crippen LogP contribution < -0.4 is 15.4 Å². The summed E-state index contributed by atoms with van der Waals surface area (Å²) in [5.41, 5.74) is 0.945. The Balaban J connectivity index is 1.39. The molecule has 2 aromatic carbocycles. The summed E-state index contributed by atoms with van der Waals surface area (Å²) in [6, 6.07) is 10.8. The van der Waals surface area contributed by atoms with Crippen molar-refractivity contribution in [3.05, 3.63) is 65.6 Å². The van der Waals surface area contributed by atoms with Crippen molar-refractivity contribution in [2.75, 3.05) is 13.1 Å². The van der Waals surface area contributed by atoms with Crippen molar-refractivity contribution in [3.63, 3.8) is 0 Å². The van der Waals surface area contributed by atoms with Crippen LogP contribution in [-0.4, -0.2) is 56.4 Å². The molecule has 2 atom stereocenters. The van der Waals surface area contributed by atoms with Gasteiger partial charge in [-0.3, -0.25) is 9.59 Å². The summed E-state index contributed by atoms with van der Waals surface area (Å²) in [5, 5.41) is 21.9. The first-order chi connectivity index (χ1) is 19.3. The highest BCUT2D eigenvalue weighted by Crippen LogP contribution is 2.28. The quantitative estimate of drug-likeness (QED) is 0.221. The summed E-state index contributed by atoms with van der Waals surface area (Å²) >= 11 is 0. The molecule has 40 heavy (non-hydrogen) atoms. The van der Waals surface area contributed by atoms with Gasteiger partial charge < -0.3 is 29.5 Å². The molecule has 4 rings (SSSR count). The van der Waals surface area contributed by atoms with Gasteiger partial charge >= 0.3 is 5.97 Å². The Morgan fingerprint density at radius 2 is 1.73 bits per heavy atom. The molecule has 0 fully saturated rings. The average molecular weight is 553 g/mol. The third kappa shape index (κ3) is 7.05. The molecule has 2 heterocycles. The predicted molar refractivity (Wildman–Crippen MR) is 140 cm³/mol. The summed E-state index contributed by atoms with van der Waals surface area (Å²) in [6.07, 6.45) is 0.635. The number of hydrogen-bond donors (Lipinski definition) is 3. The van der Waals surface area contributed by atoms with Crippen LogP contribution in [0.15, 0.2) is 51.5 Å². The number of carbonyl (C=O) groups is 2. The Kier molecular flexibility index (Phi) is 9.17. The molecule has 2 aromatic heterocycles. The number of carboxylic acid groups (broad SMARTS) is 1. The van der Waals surface area contributed by atoms with Crippen molar-refractivity contribution < 1.29 is 32.9 Å². The second kappa shape index (κ2) is 12.9. The summed E-state index contributed by atoms with van der Waals surface area (Å²) in [6.45, 7) is 5.48. The van der Waals surface area contributed by atoms with Crippen LogP contribution in [0.5, 0.6) is 5.75 Å². The zero-order valence-electron chi connectivity index (χ0n) is 22.2. The van der Waals surface area contributed by atoms with E-state index in [1.54, 1.807) is 19.1 Å². The molecule has 4 aromatic rings. The predicted octanol–water partition coefficient (Wildman–Crippen LogP) is 3.81. The minimum atomic E-state index is -1.01. The second-order valence-electron chi connectivity index (χ2n) is 8.95. The van der Waals surface area contributed by atoms with Gasteiger partial charge in [-0.15, -0.1) is 0 Å². The minimum Gasteiger partial charge on any atom is -0.481 e. The number of nitrogens with one attached hydrogen (secondary N) is 2. The number of aromatic nitrogens is 4. The first-order valence-electron chi connectivity index (χ1n) is 12.7. The number of carboxylic acids is 1. The average Bonchev–Trinajstić information content (AvgIpc) is 3.62. The summed E-state index contributed by atoms with van der Waals surface area (Å²) < 4.78 is 31.4. The van der Waals surface area contributed by atoms with Crippen molar-refractivity contribution in [2.24, 2.45) is 0 Å². The van der Waals surface area contributed by atoms with Gasteiger partial charge in [-0.25, -0.2) is 4.39 Å². The minimum absolute atomic E-state index is 0.147. The lowest BCUT2D eigenvalue weighted by Crippen LogP contribution is -2.41. The SMILES string of the molecule is CCc1nc(-c2ccc(OC(CC)c3nc(-c4ccc(C(=O)N[C@@H](C)CNCC(=O)O)c(F)c4)no3)cc2)no1. The van der Waals surface area contributed by atoms with Crippen LogP contribution in [0.25, 0.3) is 22.8 Å². The maximum absolute atomic E-state index is 14.8. The molecule has 0 bridgehead atoms. The fourth-order valence-electron chi connectivity index (χ4n) is 3.74. The number of hydrogen-bond acceptors (Lipinski definition) is 10. The molecule has 0 aliphatic carbocycles. The zero-order chi connectivity index (χ0) is 28.6. The van der Waals surface area contributed by atoms with Gasteiger partial charge in [0, 0.05) is 30.1 Å². The molecule has 0 spiro atoms. The van der Waals surface area contributed by atoms with Gasteiger partial charge in [0.1, 0.15) is 11.6 Å². The molecule has 3 N–H and O–H groups in total. The van der Waals surface area contributed by atoms with Gasteiger partial charge in [-0.1, -0.05) is 30.2 Å². The number of ether oxygens (including phenoxy) is 1. The van der Waals surface area contributed by atoms with Gasteiger partial charge in [-0.2, -0.15) is 9.97 Å². The molecule has 0 aliphatic rings. The third-order valence-electron chi connectivity index (χ3n) is 5.83. The van der Waals surface area contributed by atoms with E-state index in [4.69, 9.17) is 18.9 Å². The largest absolute Gasteiger partial charge is 0.481 e. The standard InChI is InChI=1S/C27H29FN6O6/c1-4-21(38-18-9-6-16(7-10-18)24-31-22(5-2)39-33-24)27-32-25(34-40-27)17-8-11-19(20(28)12-17)26(37)30-15(3)13-29-14-23(35)36/h6-12,15,21,29H,4-5,13-14H2,1-3H3,(H,30,37)(H,35,36)/t15-,21?/m0/s1. The Morgan fingerprint density at radius 3 is 2.38 bits per heavy atom. The number of aliphatic carboxylic acids is 1. The molecule has 0 aliphatic heterocycles. The van der Waals surface area contributed by atoms with Crippen LogP contribution in [-0.2, 0) is 11.2 Å². The molecule has 0 saturated carbocycles. The van der Waals surface area contributed by atoms with E-state index >= 15 is 0 Å². The number of nitrogens with zero attached hydrogens (tertiary/aromatic N) is 4. The van der Waals surface area contributed by atoms with Crippen LogP contribution in [0.4, 0.5) is 4.39 Å². The molecule has 210 valence electrons. The second-order valence-corrected chi connectivity index (χ2v) is 8.95. The number of rotatable bonds is 13. The van der Waals surface area contributed by atoms with Crippen molar-refractivity contribution in [1.29, 1.82) is 0 Å². The lowest BCUT2D eigenvalue weighted by molar-refractivity contribution is -0.135. The van der Waals surface area contributed by atoms with Gasteiger partial charge in [-0.05, 0) is 49.7 Å². The molecule has 1 amide bonds. The lowest BCUT2D eigenvalue weighted by Gasteiger charge is -2.14. The van der Waals surface area contributed by atoms with E-state index in [-0.39, 0.29) is 30.4 Å². The van der Waals surface area contributed by atoms with E-state index in [2.05, 4.69) is 30.9 Å². The molecular weight excluding hydrogens is 523 g/mol. The molecule has 13 heteroatoms. The van der Waals surface area contributed by atoms with Crippen LogP contribution in [0, 0.1) is 5.82 Å². The monoisotopic (exact) mass is 552 g/mol. The van der Waals surface area contributed by atoms with Crippen LogP contribution in [0.1, 0.15) is 55.4 Å². The maximum atomic E-state index is 14.8. The fraction of sp³-hybridized carbons (Fsp3) is 0.333. The highest BCUT2D eigenvalue weighted by Gasteiger charge is 2.22. The van der Waals surface area contributed by atoms with Crippen molar-refractivity contribution in [1.82, 2.24) is 30.9 Å². The van der Waals surface area contributed by atoms with Gasteiger partial charge in [0.25, 0.3) is 11.8 Å². The lowest BCUT2D eigenvalue weighted by atomic mass is 10.1. The summed E-state index contributed by atoms with van der Waals surface area (Å²) in [7, 11) is 0. The number of aryl methyl sites for hydroxylation is 1. The summed E-state index contributed by atoms with van der Waals surface area (Å²) in [5.74, 6) is -0.406. The van der Waals surface area contributed by atoms with Crippen LogP contribution >= 0.6 is 0 Å². The van der Waals surface area contributed by atoms with Crippen LogP contribution in [0.2, 0.25) is 0 Å². The van der Waals surface area contributed by atoms with E-state index in [0.29, 0.717) is 35.9 Å². The van der Waals surface area contributed by atoms with Crippen molar-refractivity contribution in [3.8, 4) is 28.5 Å². The highest BCUT2D eigenvalue weighted by molar-refractivity contribution is 5.95. The number of amides is 1. The smallest absolute Gasteiger partial charge is 0.317 e. The Hall–Kier alpha value is -4.65. The van der Waals surface area contributed by atoms with Crippen molar-refractivity contribution >= 4 is 11.9 Å². The molecule has 1 unspecified atom stereocenters. The Bertz CT molecular complexity index is 1450. The van der Waals surface area contributed by atoms with Gasteiger partial charge in [0.05, 0.1) is 12.1 Å². The van der Waals surface area contributed by atoms with E-state index in [1.807, 2.05) is 26.0 Å². The van der Waals surface area contributed by atoms with E-state index in [0.717, 1.165) is 11.6 Å². The van der Waals surface area contributed by atoms with Gasteiger partial charge in [0.15, 0.2) is 6.10 Å². The molecule has 0 saturated heterocycles. The first kappa shape index (κ1) is 28.4. The molecule has 0 radical (unpaired) electrons. The molecule has 12 nitrogen and oxygen atoms in total. The number of carbonyl (C=O) groups excluding carboxylic acids is 1. The van der Waals surface area contributed by atoms with Crippen molar-refractivity contribution in [2.45, 2.75) is 45.8 Å². The normalized spacial score (nSPS) is 12.6. The van der Waals surface area contributed by atoms with Gasteiger partial charge in [0.2, 0.25) is 17.5 Å². The maximum Gasteiger partial charge on any atom is 0.317 e.